The van der Waals surface area contributed by atoms with Crippen LogP contribution in [0, 0.1) is 5.82 Å². The normalized spacial score (nSPS) is 22.6. The average molecular weight is 452 g/mol. The maximum absolute atomic E-state index is 13.4. The second kappa shape index (κ2) is 7.91. The number of hydrogen-bond donors (Lipinski definition) is 1. The molecule has 0 spiro atoms. The van der Waals surface area contributed by atoms with Gasteiger partial charge in [-0.25, -0.2) is 4.39 Å². The first-order valence-electron chi connectivity index (χ1n) is 12.3. The number of rotatable bonds is 5. The number of nitrogens with one attached hydrogen (secondary N) is 1. The Labute approximate surface area is 207 Å². The van der Waals surface area contributed by atoms with Crippen LogP contribution in [0.1, 0.15) is 17.9 Å². The molecule has 0 aliphatic carbocycles. The quantitative estimate of drug-likeness (QED) is 0.494. The van der Waals surface area contributed by atoms with Gasteiger partial charge in [-0.2, -0.15) is 0 Å². The van der Waals surface area contributed by atoms with Gasteiger partial charge in [0.15, 0.2) is 0 Å². The smallest absolute Gasteiger partial charge is 0.243 e. The number of carbonyl (C=O) groups is 1. The minimum Gasteiger partial charge on any atom is -0.506 e. The van der Waals surface area contributed by atoms with Crippen molar-refractivity contribution in [3.05, 3.63) is 53.8 Å². The standard InChI is InChI=1S/C22H30B6FN3O2/c23-20(24,22(27,28)34-13-6-4-12(29)5-7-13)21(25,26)31-9-8-17-15(10-31)14-2-1-3-16-19(14)32(17)11-18(33)30-16/h1-7,15,17H,8-11,23-28H2,(H,30,33)/t15-,17-/m0/s1. The number of anilines is 2. The number of amides is 1. The molecule has 1 N–H and O–H groups in total. The molecule has 170 valence electrons. The average Bonchev–Trinajstić information content (AvgIpc) is 3.09. The highest BCUT2D eigenvalue weighted by Crippen LogP contribution is 2.51. The Morgan fingerprint density at radius 2 is 1.74 bits per heavy atom. The fourth-order valence-electron chi connectivity index (χ4n) is 6.17. The molecule has 0 radical (unpaired) electrons. The third-order valence-corrected chi connectivity index (χ3v) is 9.33. The van der Waals surface area contributed by atoms with E-state index in [1.54, 1.807) is 12.1 Å². The van der Waals surface area contributed by atoms with Crippen LogP contribution < -0.4 is 15.0 Å². The van der Waals surface area contributed by atoms with E-state index in [4.69, 9.17) is 4.74 Å². The number of fused-ring (bicyclic) bond motifs is 3. The van der Waals surface area contributed by atoms with E-state index in [-0.39, 0.29) is 22.3 Å². The van der Waals surface area contributed by atoms with Gasteiger partial charge in [0, 0.05) is 23.9 Å². The van der Waals surface area contributed by atoms with E-state index in [2.05, 4.69) is 74.3 Å². The number of ether oxygens (including phenoxy) is 1. The van der Waals surface area contributed by atoms with Gasteiger partial charge in [-0.1, -0.05) is 17.3 Å². The number of likely N-dealkylation sites (tertiary alicyclic amines) is 1. The molecule has 1 saturated heterocycles. The lowest BCUT2D eigenvalue weighted by molar-refractivity contribution is -0.115. The SMILES string of the molecule is BC(B)(Oc1ccc(F)cc1)C(B)(B)C(B)(B)N1CC[C@H]2[C@@H](C1)c1cccc3c1N2CC(=O)N3. The van der Waals surface area contributed by atoms with Gasteiger partial charge in [-0.05, 0) is 54.2 Å². The molecule has 1 amide bonds. The number of hydrogen-bond acceptors (Lipinski definition) is 4. The predicted octanol–water partition coefficient (Wildman–Crippen LogP) is -2.94. The summed E-state index contributed by atoms with van der Waals surface area (Å²) in [6.45, 7) is 2.35. The highest BCUT2D eigenvalue weighted by Gasteiger charge is 2.54. The molecule has 5 nitrogen and oxygen atoms in total. The van der Waals surface area contributed by atoms with Gasteiger partial charge in [-0.3, -0.25) is 4.79 Å². The molecule has 0 unspecified atom stereocenters. The van der Waals surface area contributed by atoms with E-state index in [1.807, 2.05) is 6.07 Å². The lowest BCUT2D eigenvalue weighted by Crippen LogP contribution is -2.70. The summed E-state index contributed by atoms with van der Waals surface area (Å²) in [5.41, 5.74) is 3.52. The van der Waals surface area contributed by atoms with Crippen molar-refractivity contribution in [2.45, 2.75) is 34.3 Å². The molecule has 3 aliphatic rings. The molecule has 12 heteroatoms. The van der Waals surface area contributed by atoms with Crippen molar-refractivity contribution in [3.63, 3.8) is 0 Å². The predicted molar refractivity (Wildman–Crippen MR) is 152 cm³/mol. The summed E-state index contributed by atoms with van der Waals surface area (Å²) < 4.78 is 19.9. The van der Waals surface area contributed by atoms with Gasteiger partial charge in [0.1, 0.15) is 58.6 Å². The van der Waals surface area contributed by atoms with Crippen molar-refractivity contribution in [2.75, 3.05) is 29.9 Å². The van der Waals surface area contributed by atoms with E-state index in [9.17, 15) is 9.18 Å². The zero-order chi connectivity index (χ0) is 24.5. The summed E-state index contributed by atoms with van der Waals surface area (Å²) in [4.78, 5) is 17.3. The summed E-state index contributed by atoms with van der Waals surface area (Å²) in [7, 11) is 13.4. The topological polar surface area (TPSA) is 44.8 Å². The Morgan fingerprint density at radius 3 is 2.44 bits per heavy atom. The summed E-state index contributed by atoms with van der Waals surface area (Å²) in [6, 6.07) is 13.0. The molecule has 3 heterocycles. The minimum atomic E-state index is -0.503. The van der Waals surface area contributed by atoms with Crippen LogP contribution in [0.15, 0.2) is 42.5 Å². The highest BCUT2D eigenvalue weighted by molar-refractivity contribution is 6.61. The fraction of sp³-hybridized carbons (Fsp3) is 0.409. The first-order chi connectivity index (χ1) is 15.9. The summed E-state index contributed by atoms with van der Waals surface area (Å²) >= 11 is 0. The Bertz CT molecular complexity index is 1130. The maximum Gasteiger partial charge on any atom is 0.243 e. The van der Waals surface area contributed by atoms with Gasteiger partial charge in [0.05, 0.1) is 17.9 Å². The Morgan fingerprint density at radius 1 is 1.03 bits per heavy atom. The zero-order valence-electron chi connectivity index (χ0n) is 21.1. The fourth-order valence-corrected chi connectivity index (χ4v) is 6.17. The molecule has 0 bridgehead atoms. The van der Waals surface area contributed by atoms with E-state index in [1.165, 1.54) is 23.4 Å². The summed E-state index contributed by atoms with van der Waals surface area (Å²) in [5.74, 6) is 0.862. The van der Waals surface area contributed by atoms with E-state index in [0.29, 0.717) is 24.3 Å². The second-order valence-corrected chi connectivity index (χ2v) is 11.6. The van der Waals surface area contributed by atoms with Gasteiger partial charge >= 0.3 is 0 Å². The Kier molecular flexibility index (Phi) is 5.47. The van der Waals surface area contributed by atoms with Gasteiger partial charge < -0.3 is 19.9 Å². The van der Waals surface area contributed by atoms with Crippen LogP contribution in [0.5, 0.6) is 5.75 Å². The minimum absolute atomic E-state index is 0.0777. The first-order valence-corrected chi connectivity index (χ1v) is 12.3. The Hall–Kier alpha value is -2.21. The first kappa shape index (κ1) is 23.5. The number of piperidine rings is 1. The van der Waals surface area contributed by atoms with Crippen molar-refractivity contribution in [1.82, 2.24) is 4.90 Å². The molecular formula is C22H30B6FN3O2. The molecule has 3 aliphatic heterocycles. The molecule has 34 heavy (non-hydrogen) atoms. The van der Waals surface area contributed by atoms with Gasteiger partial charge in [0.2, 0.25) is 5.91 Å². The van der Waals surface area contributed by atoms with Crippen LogP contribution in [0.2, 0.25) is 5.21 Å². The molecule has 5 rings (SSSR count). The molecule has 1 fully saturated rings. The number of para-hydroxylation sites is 1. The second-order valence-electron chi connectivity index (χ2n) is 11.6. The molecule has 2 aromatic rings. The van der Waals surface area contributed by atoms with Crippen molar-refractivity contribution in [1.29, 1.82) is 0 Å². The highest BCUT2D eigenvalue weighted by atomic mass is 19.1. The van der Waals surface area contributed by atoms with Gasteiger partial charge in [-0.15, -0.1) is 0 Å². The van der Waals surface area contributed by atoms with Crippen LogP contribution in [0.4, 0.5) is 15.8 Å². The van der Waals surface area contributed by atoms with E-state index in [0.717, 1.165) is 25.2 Å². The molecule has 0 aromatic heterocycles. The largest absolute Gasteiger partial charge is 0.506 e. The zero-order valence-corrected chi connectivity index (χ0v) is 21.1. The monoisotopic (exact) mass is 453 g/mol. The molecular weight excluding hydrogens is 422 g/mol. The van der Waals surface area contributed by atoms with Crippen LogP contribution in [-0.2, 0) is 4.79 Å². The van der Waals surface area contributed by atoms with E-state index >= 15 is 0 Å². The van der Waals surface area contributed by atoms with Crippen molar-refractivity contribution in [3.8, 4) is 5.75 Å². The lowest BCUT2D eigenvalue weighted by Gasteiger charge is -2.59. The Balaban J connectivity index is 1.41. The van der Waals surface area contributed by atoms with Crippen molar-refractivity contribution in [2.24, 2.45) is 0 Å². The maximum atomic E-state index is 13.4. The molecule has 2 atom stereocenters. The summed E-state index contributed by atoms with van der Waals surface area (Å²) in [6.07, 6.45) is 1.02. The number of nitrogens with zero attached hydrogens (tertiary/aromatic N) is 2. The number of benzene rings is 2. The van der Waals surface area contributed by atoms with E-state index < -0.39 is 5.40 Å². The lowest BCUT2D eigenvalue weighted by atomic mass is 9.23. The van der Waals surface area contributed by atoms with Crippen LogP contribution in [0.25, 0.3) is 0 Å². The number of halogens is 1. The van der Waals surface area contributed by atoms with Crippen molar-refractivity contribution >= 4 is 64.4 Å². The third kappa shape index (κ3) is 3.52. The molecule has 2 aromatic carbocycles. The van der Waals surface area contributed by atoms with Crippen molar-refractivity contribution < 1.29 is 13.9 Å². The number of carbonyl (C=O) groups excluding carboxylic acids is 1. The third-order valence-electron chi connectivity index (χ3n) is 9.33. The van der Waals surface area contributed by atoms with Gasteiger partial charge in [0.25, 0.3) is 0 Å². The molecule has 0 saturated carbocycles. The van der Waals surface area contributed by atoms with Crippen LogP contribution in [0.3, 0.4) is 0 Å². The van der Waals surface area contributed by atoms with Crippen LogP contribution in [-0.4, -0.2) is 94.3 Å². The van der Waals surface area contributed by atoms with Crippen LogP contribution >= 0.6 is 0 Å². The summed E-state index contributed by atoms with van der Waals surface area (Å²) in [5, 5.41) is 2.14.